The highest BCUT2D eigenvalue weighted by Crippen LogP contribution is 2.53. The van der Waals surface area contributed by atoms with E-state index in [1.54, 1.807) is 6.92 Å². The van der Waals surface area contributed by atoms with Gasteiger partial charge in [-0.2, -0.15) is 39.5 Å². The highest BCUT2D eigenvalue weighted by molar-refractivity contribution is 5.79. The number of hydrogen-bond donors (Lipinski definition) is 0. The standard InChI is InChI=1S/C13H15F9O4/c1-4-9(2,3)7(23)25-5-6-26-8(24)10(14,15)11(16,17)12(18,19)13(20,21)22/h4-6H2,1-3H3. The van der Waals surface area contributed by atoms with E-state index in [4.69, 9.17) is 0 Å². The lowest BCUT2D eigenvalue weighted by atomic mass is 9.91. The highest BCUT2D eigenvalue weighted by atomic mass is 19.4. The predicted molar refractivity (Wildman–Crippen MR) is 66.9 cm³/mol. The van der Waals surface area contributed by atoms with Crippen molar-refractivity contribution < 1.29 is 58.6 Å². The molecule has 0 aromatic rings. The summed E-state index contributed by atoms with van der Waals surface area (Å²) in [6.45, 7) is 2.33. The number of esters is 2. The molecule has 0 aliphatic heterocycles. The maximum Gasteiger partial charge on any atom is 0.460 e. The van der Waals surface area contributed by atoms with Crippen LogP contribution in [-0.2, 0) is 19.1 Å². The molecule has 0 aliphatic carbocycles. The van der Waals surface area contributed by atoms with Crippen LogP contribution in [0.15, 0.2) is 0 Å². The fraction of sp³-hybridized carbons (Fsp3) is 0.846. The van der Waals surface area contributed by atoms with Crippen LogP contribution in [-0.4, -0.2) is 49.1 Å². The fourth-order valence-corrected chi connectivity index (χ4v) is 1.20. The molecule has 0 N–H and O–H groups in total. The van der Waals surface area contributed by atoms with Crippen LogP contribution in [0.4, 0.5) is 39.5 Å². The Balaban J connectivity index is 4.97. The SMILES string of the molecule is CCC(C)(C)C(=O)OCCOC(=O)C(F)(F)C(F)(F)C(F)(F)C(F)(F)F. The second kappa shape index (κ2) is 7.51. The van der Waals surface area contributed by atoms with Gasteiger partial charge in [-0.1, -0.05) is 6.92 Å². The molecule has 0 bridgehead atoms. The molecule has 0 aliphatic rings. The van der Waals surface area contributed by atoms with Crippen molar-refractivity contribution in [1.29, 1.82) is 0 Å². The summed E-state index contributed by atoms with van der Waals surface area (Å²) in [4.78, 5) is 22.4. The van der Waals surface area contributed by atoms with Crippen LogP contribution in [0.25, 0.3) is 0 Å². The van der Waals surface area contributed by atoms with Crippen LogP contribution in [0.2, 0.25) is 0 Å². The van der Waals surface area contributed by atoms with Crippen molar-refractivity contribution in [3.63, 3.8) is 0 Å². The molecule has 0 amide bonds. The number of rotatable bonds is 8. The average Bonchev–Trinajstić information content (AvgIpc) is 2.49. The van der Waals surface area contributed by atoms with Crippen molar-refractivity contribution in [2.45, 2.75) is 51.1 Å². The van der Waals surface area contributed by atoms with E-state index >= 15 is 0 Å². The first-order valence-corrected chi connectivity index (χ1v) is 6.91. The minimum absolute atomic E-state index is 0.294. The third-order valence-electron chi connectivity index (χ3n) is 3.39. The van der Waals surface area contributed by atoms with Crippen molar-refractivity contribution in [2.75, 3.05) is 13.2 Å². The van der Waals surface area contributed by atoms with E-state index in [1.165, 1.54) is 13.8 Å². The zero-order valence-electron chi connectivity index (χ0n) is 13.7. The van der Waals surface area contributed by atoms with Crippen molar-refractivity contribution in [3.8, 4) is 0 Å². The van der Waals surface area contributed by atoms with Gasteiger partial charge in [0.1, 0.15) is 13.2 Å². The summed E-state index contributed by atoms with van der Waals surface area (Å²) < 4.78 is 121. The average molecular weight is 406 g/mol. The van der Waals surface area contributed by atoms with Gasteiger partial charge in [0.2, 0.25) is 0 Å². The molecule has 154 valence electrons. The lowest BCUT2D eigenvalue weighted by Gasteiger charge is -2.32. The summed E-state index contributed by atoms with van der Waals surface area (Å²) in [6, 6.07) is 0. The smallest absolute Gasteiger partial charge is 0.460 e. The van der Waals surface area contributed by atoms with Crippen molar-refractivity contribution in [3.05, 3.63) is 0 Å². The second-order valence-electron chi connectivity index (χ2n) is 5.73. The van der Waals surface area contributed by atoms with Gasteiger partial charge in [0.25, 0.3) is 0 Å². The molecule has 0 atom stereocenters. The van der Waals surface area contributed by atoms with Crippen LogP contribution in [0.1, 0.15) is 27.2 Å². The molecule has 0 heterocycles. The van der Waals surface area contributed by atoms with Crippen LogP contribution >= 0.6 is 0 Å². The van der Waals surface area contributed by atoms with Gasteiger partial charge in [0.05, 0.1) is 5.41 Å². The molecule has 0 fully saturated rings. The summed E-state index contributed by atoms with van der Waals surface area (Å²) >= 11 is 0. The highest BCUT2D eigenvalue weighted by Gasteiger charge is 2.84. The molecule has 26 heavy (non-hydrogen) atoms. The molecule has 0 saturated heterocycles. The summed E-state index contributed by atoms with van der Waals surface area (Å²) in [6.07, 6.45) is -6.75. The van der Waals surface area contributed by atoms with E-state index in [-0.39, 0.29) is 0 Å². The maximum absolute atomic E-state index is 13.1. The number of ether oxygens (including phenoxy) is 2. The van der Waals surface area contributed by atoms with Crippen LogP contribution in [0.3, 0.4) is 0 Å². The fourth-order valence-electron chi connectivity index (χ4n) is 1.20. The normalized spacial score (nSPS) is 14.2. The van der Waals surface area contributed by atoms with E-state index in [1.807, 2.05) is 0 Å². The van der Waals surface area contributed by atoms with Crippen molar-refractivity contribution in [2.24, 2.45) is 5.41 Å². The third kappa shape index (κ3) is 4.53. The third-order valence-corrected chi connectivity index (χ3v) is 3.39. The molecule has 0 saturated carbocycles. The van der Waals surface area contributed by atoms with Crippen molar-refractivity contribution >= 4 is 11.9 Å². The quantitative estimate of drug-likeness (QED) is 0.348. The lowest BCUT2D eigenvalue weighted by molar-refractivity contribution is -0.390. The summed E-state index contributed by atoms with van der Waals surface area (Å²) in [5, 5.41) is 0. The largest absolute Gasteiger partial charge is 0.462 e. The summed E-state index contributed by atoms with van der Waals surface area (Å²) in [7, 11) is 0. The van der Waals surface area contributed by atoms with E-state index in [0.29, 0.717) is 6.42 Å². The Bertz CT molecular complexity index is 526. The number of alkyl halides is 9. The second-order valence-corrected chi connectivity index (χ2v) is 5.73. The summed E-state index contributed by atoms with van der Waals surface area (Å²) in [5.74, 6) is -25.0. The van der Waals surface area contributed by atoms with E-state index in [2.05, 4.69) is 9.47 Å². The Morgan fingerprint density at radius 1 is 0.731 bits per heavy atom. The lowest BCUT2D eigenvalue weighted by Crippen LogP contribution is -2.63. The van der Waals surface area contributed by atoms with Gasteiger partial charge in [-0.05, 0) is 20.3 Å². The molecule has 0 rings (SSSR count). The maximum atomic E-state index is 13.1. The Kier molecular flexibility index (Phi) is 7.02. The monoisotopic (exact) mass is 406 g/mol. The number of hydrogen-bond acceptors (Lipinski definition) is 4. The summed E-state index contributed by atoms with van der Waals surface area (Å²) in [5.41, 5.74) is -1.00. The van der Waals surface area contributed by atoms with E-state index in [9.17, 15) is 49.1 Å². The van der Waals surface area contributed by atoms with Gasteiger partial charge in [0, 0.05) is 0 Å². The zero-order valence-corrected chi connectivity index (χ0v) is 13.7. The first-order valence-electron chi connectivity index (χ1n) is 6.91. The molecule has 13 heteroatoms. The van der Waals surface area contributed by atoms with Gasteiger partial charge in [-0.25, -0.2) is 4.79 Å². The van der Waals surface area contributed by atoms with Crippen LogP contribution in [0, 0.1) is 5.41 Å². The Morgan fingerprint density at radius 3 is 1.46 bits per heavy atom. The molecular formula is C13H15F9O4. The molecule has 0 radical (unpaired) electrons. The zero-order chi connectivity index (χ0) is 21.2. The van der Waals surface area contributed by atoms with Crippen LogP contribution in [0.5, 0.6) is 0 Å². The predicted octanol–water partition coefficient (Wildman–Crippen LogP) is 3.98. The first kappa shape index (κ1) is 24.3. The molecule has 0 spiro atoms. The Hall–Kier alpha value is -1.69. The van der Waals surface area contributed by atoms with Crippen LogP contribution < -0.4 is 0 Å². The molecule has 0 unspecified atom stereocenters. The number of halogens is 9. The van der Waals surface area contributed by atoms with Crippen molar-refractivity contribution in [1.82, 2.24) is 0 Å². The molecule has 0 aromatic carbocycles. The minimum atomic E-state index is -7.19. The topological polar surface area (TPSA) is 52.6 Å². The van der Waals surface area contributed by atoms with Gasteiger partial charge in [-0.3, -0.25) is 4.79 Å². The Labute approximate surface area is 141 Å². The van der Waals surface area contributed by atoms with Gasteiger partial charge in [-0.15, -0.1) is 0 Å². The van der Waals surface area contributed by atoms with E-state index in [0.717, 1.165) is 0 Å². The van der Waals surface area contributed by atoms with Gasteiger partial charge in [0.15, 0.2) is 0 Å². The molecular weight excluding hydrogens is 391 g/mol. The molecule has 4 nitrogen and oxygen atoms in total. The number of carbonyl (C=O) groups is 2. The number of carbonyl (C=O) groups excluding carboxylic acids is 2. The Morgan fingerprint density at radius 2 is 1.12 bits per heavy atom. The first-order chi connectivity index (χ1) is 11.4. The van der Waals surface area contributed by atoms with E-state index < -0.39 is 54.5 Å². The minimum Gasteiger partial charge on any atom is -0.462 e. The van der Waals surface area contributed by atoms with Gasteiger partial charge < -0.3 is 9.47 Å². The van der Waals surface area contributed by atoms with Gasteiger partial charge >= 0.3 is 35.9 Å². The molecule has 0 aromatic heterocycles.